The van der Waals surface area contributed by atoms with Crippen molar-refractivity contribution >= 4 is 5.97 Å². The van der Waals surface area contributed by atoms with Crippen molar-refractivity contribution in [3.8, 4) is 0 Å². The second-order valence-corrected chi connectivity index (χ2v) is 4.82. The maximum atomic E-state index is 12.8. The molecule has 0 aromatic heterocycles. The molecule has 0 radical (unpaired) electrons. The fourth-order valence-corrected chi connectivity index (χ4v) is 2.26. The van der Waals surface area contributed by atoms with Gasteiger partial charge in [-0.05, 0) is 18.8 Å². The molecule has 1 N–H and O–H groups in total. The molecule has 0 aliphatic heterocycles. The molecule has 0 heterocycles. The summed E-state index contributed by atoms with van der Waals surface area (Å²) in [4.78, 5) is 11.0. The highest BCUT2D eigenvalue weighted by Crippen LogP contribution is 2.32. The molecule has 0 aromatic carbocycles. The third-order valence-corrected chi connectivity index (χ3v) is 3.40. The molecular formula is C13H19F3O3. The molecule has 0 spiro atoms. The van der Waals surface area contributed by atoms with Crippen LogP contribution in [0.4, 0.5) is 13.2 Å². The van der Waals surface area contributed by atoms with Gasteiger partial charge in [-0.3, -0.25) is 0 Å². The van der Waals surface area contributed by atoms with Gasteiger partial charge >= 0.3 is 12.1 Å². The molecule has 19 heavy (non-hydrogen) atoms. The van der Waals surface area contributed by atoms with Gasteiger partial charge in [0.05, 0.1) is 7.11 Å². The quantitative estimate of drug-likeness (QED) is 0.636. The Bertz CT molecular complexity index is 320. The number of hydrogen-bond donors (Lipinski definition) is 1. The van der Waals surface area contributed by atoms with Gasteiger partial charge in [0.2, 0.25) is 0 Å². The smallest absolute Gasteiger partial charge is 0.398 e. The molecular weight excluding hydrogens is 261 g/mol. The van der Waals surface area contributed by atoms with Gasteiger partial charge in [0.15, 0.2) is 6.10 Å². The fraction of sp³-hybridized carbons (Fsp3) is 0.769. The van der Waals surface area contributed by atoms with E-state index in [1.54, 1.807) is 0 Å². The number of methoxy groups -OCH3 is 1. The number of rotatable bonds is 4. The number of halogens is 3. The Morgan fingerprint density at radius 1 is 1.32 bits per heavy atom. The summed E-state index contributed by atoms with van der Waals surface area (Å²) in [7, 11) is 0.948. The number of allylic oxidation sites excluding steroid dienone is 1. The minimum atomic E-state index is -4.67. The number of aliphatic hydroxyl groups is 1. The largest absolute Gasteiger partial charge is 0.467 e. The van der Waals surface area contributed by atoms with Gasteiger partial charge < -0.3 is 9.84 Å². The minimum absolute atomic E-state index is 0.100. The lowest BCUT2D eigenvalue weighted by atomic mass is 9.87. The Kier molecular flexibility index (Phi) is 5.85. The van der Waals surface area contributed by atoms with Gasteiger partial charge in [-0.2, -0.15) is 13.2 Å². The molecule has 0 bridgehead atoms. The van der Waals surface area contributed by atoms with Crippen LogP contribution >= 0.6 is 0 Å². The summed E-state index contributed by atoms with van der Waals surface area (Å²) in [6.07, 6.45) is 0.337. The Morgan fingerprint density at radius 2 is 1.89 bits per heavy atom. The highest BCUT2D eigenvalue weighted by Gasteiger charge is 2.45. The van der Waals surface area contributed by atoms with E-state index in [2.05, 4.69) is 4.74 Å². The summed E-state index contributed by atoms with van der Waals surface area (Å²) in [6, 6.07) is 0. The SMILES string of the molecule is COC(=O)[C@@H](O)[C@H](/C=C/C1CCCCC1)C(F)(F)F. The standard InChI is InChI=1S/C13H19F3O3/c1-19-12(18)11(17)10(13(14,15)16)8-7-9-5-3-2-4-6-9/h7-11,17H,2-6H2,1H3/b8-7+/t10-,11-/m0/s1. The van der Waals surface area contributed by atoms with Gasteiger partial charge in [-0.25, -0.2) is 4.79 Å². The minimum Gasteiger partial charge on any atom is -0.467 e. The summed E-state index contributed by atoms with van der Waals surface area (Å²) >= 11 is 0. The number of ether oxygens (including phenoxy) is 1. The van der Waals surface area contributed by atoms with E-state index in [1.807, 2.05) is 0 Å². The molecule has 6 heteroatoms. The van der Waals surface area contributed by atoms with Gasteiger partial charge in [-0.1, -0.05) is 31.4 Å². The lowest BCUT2D eigenvalue weighted by molar-refractivity contribution is -0.196. The lowest BCUT2D eigenvalue weighted by Gasteiger charge is -2.22. The average molecular weight is 280 g/mol. The third kappa shape index (κ3) is 4.86. The Morgan fingerprint density at radius 3 is 2.37 bits per heavy atom. The highest BCUT2D eigenvalue weighted by molar-refractivity contribution is 5.75. The number of aliphatic hydroxyl groups excluding tert-OH is 1. The maximum absolute atomic E-state index is 12.8. The highest BCUT2D eigenvalue weighted by atomic mass is 19.4. The van der Waals surface area contributed by atoms with Crippen LogP contribution in [0.5, 0.6) is 0 Å². The number of carbonyl (C=O) groups is 1. The second-order valence-electron chi connectivity index (χ2n) is 4.82. The number of esters is 1. The van der Waals surface area contributed by atoms with Crippen molar-refractivity contribution in [1.82, 2.24) is 0 Å². The van der Waals surface area contributed by atoms with Crippen molar-refractivity contribution in [1.29, 1.82) is 0 Å². The van der Waals surface area contributed by atoms with Gasteiger partial charge in [-0.15, -0.1) is 0 Å². The fourth-order valence-electron chi connectivity index (χ4n) is 2.26. The molecule has 1 fully saturated rings. The Balaban J connectivity index is 2.74. The van der Waals surface area contributed by atoms with Crippen LogP contribution in [-0.4, -0.2) is 30.5 Å². The van der Waals surface area contributed by atoms with Crippen molar-refractivity contribution in [2.75, 3.05) is 7.11 Å². The summed E-state index contributed by atoms with van der Waals surface area (Å²) in [5.41, 5.74) is 0. The van der Waals surface area contributed by atoms with Crippen LogP contribution < -0.4 is 0 Å². The molecule has 0 saturated heterocycles. The zero-order valence-corrected chi connectivity index (χ0v) is 10.8. The molecule has 3 nitrogen and oxygen atoms in total. The van der Waals surface area contributed by atoms with Crippen molar-refractivity contribution in [2.24, 2.45) is 11.8 Å². The van der Waals surface area contributed by atoms with E-state index in [4.69, 9.17) is 0 Å². The zero-order valence-electron chi connectivity index (χ0n) is 10.8. The summed E-state index contributed by atoms with van der Waals surface area (Å²) in [5.74, 6) is -3.37. The summed E-state index contributed by atoms with van der Waals surface area (Å²) in [6.45, 7) is 0. The molecule has 0 aromatic rings. The molecule has 2 atom stereocenters. The van der Waals surface area contributed by atoms with Crippen LogP contribution in [0.3, 0.4) is 0 Å². The van der Waals surface area contributed by atoms with Crippen LogP contribution in [0.15, 0.2) is 12.2 Å². The van der Waals surface area contributed by atoms with E-state index in [-0.39, 0.29) is 5.92 Å². The molecule has 0 amide bonds. The van der Waals surface area contributed by atoms with Crippen molar-refractivity contribution in [3.63, 3.8) is 0 Å². The average Bonchev–Trinajstić information content (AvgIpc) is 2.37. The van der Waals surface area contributed by atoms with E-state index in [1.165, 1.54) is 6.08 Å². The zero-order chi connectivity index (χ0) is 14.5. The van der Waals surface area contributed by atoms with E-state index in [9.17, 15) is 23.1 Å². The predicted octanol–water partition coefficient (Wildman–Crippen LogP) is 2.84. The lowest BCUT2D eigenvalue weighted by Crippen LogP contribution is -2.38. The van der Waals surface area contributed by atoms with Crippen LogP contribution in [-0.2, 0) is 9.53 Å². The van der Waals surface area contributed by atoms with Crippen LogP contribution in [0.1, 0.15) is 32.1 Å². The molecule has 0 unspecified atom stereocenters. The van der Waals surface area contributed by atoms with Crippen LogP contribution in [0, 0.1) is 11.8 Å². The first-order valence-corrected chi connectivity index (χ1v) is 6.37. The van der Waals surface area contributed by atoms with Crippen LogP contribution in [0.25, 0.3) is 0 Å². The first kappa shape index (κ1) is 16.0. The summed E-state index contributed by atoms with van der Waals surface area (Å²) < 4.78 is 42.6. The van der Waals surface area contributed by atoms with E-state index in [0.717, 1.165) is 45.3 Å². The maximum Gasteiger partial charge on any atom is 0.398 e. The first-order valence-electron chi connectivity index (χ1n) is 6.37. The third-order valence-electron chi connectivity index (χ3n) is 3.40. The van der Waals surface area contributed by atoms with E-state index in [0.29, 0.717) is 0 Å². The molecule has 1 rings (SSSR count). The Labute approximate surface area is 110 Å². The van der Waals surface area contributed by atoms with Crippen molar-refractivity contribution < 1.29 is 27.8 Å². The molecule has 1 aliphatic carbocycles. The predicted molar refractivity (Wildman–Crippen MR) is 63.3 cm³/mol. The van der Waals surface area contributed by atoms with Crippen molar-refractivity contribution in [2.45, 2.75) is 44.4 Å². The number of alkyl halides is 3. The molecule has 1 saturated carbocycles. The normalized spacial score (nSPS) is 21.3. The molecule has 110 valence electrons. The Hall–Kier alpha value is -1.04. The van der Waals surface area contributed by atoms with E-state index < -0.39 is 24.2 Å². The summed E-state index contributed by atoms with van der Waals surface area (Å²) in [5, 5.41) is 9.40. The van der Waals surface area contributed by atoms with Gasteiger partial charge in [0.25, 0.3) is 0 Å². The molecule has 1 aliphatic rings. The number of hydrogen-bond acceptors (Lipinski definition) is 3. The second kappa shape index (κ2) is 6.93. The number of carbonyl (C=O) groups excluding carboxylic acids is 1. The van der Waals surface area contributed by atoms with Crippen LogP contribution in [0.2, 0.25) is 0 Å². The topological polar surface area (TPSA) is 46.5 Å². The monoisotopic (exact) mass is 280 g/mol. The van der Waals surface area contributed by atoms with E-state index >= 15 is 0 Å². The van der Waals surface area contributed by atoms with Gasteiger partial charge in [0.1, 0.15) is 5.92 Å². The van der Waals surface area contributed by atoms with Crippen molar-refractivity contribution in [3.05, 3.63) is 12.2 Å². The van der Waals surface area contributed by atoms with Gasteiger partial charge in [0, 0.05) is 0 Å². The first-order chi connectivity index (χ1) is 8.86.